The van der Waals surface area contributed by atoms with Crippen LogP contribution in [0.15, 0.2) is 29.4 Å². The van der Waals surface area contributed by atoms with Gasteiger partial charge in [0, 0.05) is 22.9 Å². The number of piperidine rings is 1. The lowest BCUT2D eigenvalue weighted by Crippen LogP contribution is -2.52. The van der Waals surface area contributed by atoms with E-state index in [2.05, 4.69) is 28.0 Å². The normalized spacial score (nSPS) is 33.0. The fourth-order valence-electron chi connectivity index (χ4n) is 4.27. The quantitative estimate of drug-likeness (QED) is 0.514. The van der Waals surface area contributed by atoms with Crippen molar-refractivity contribution in [1.29, 1.82) is 0 Å². The average Bonchev–Trinajstić information content (AvgIpc) is 2.48. The Hall–Kier alpha value is -1.71. The largest absolute Gasteiger partial charge is 0.508 e. The lowest BCUT2D eigenvalue weighted by molar-refractivity contribution is 0.0628. The van der Waals surface area contributed by atoms with E-state index in [4.69, 9.17) is 5.53 Å². The third-order valence-electron chi connectivity index (χ3n) is 5.34. The molecule has 0 spiro atoms. The van der Waals surface area contributed by atoms with Crippen molar-refractivity contribution in [3.8, 4) is 5.75 Å². The highest BCUT2D eigenvalue weighted by molar-refractivity contribution is 5.35. The summed E-state index contributed by atoms with van der Waals surface area (Å²) in [7, 11) is 2.17. The fraction of sp³-hybridized carbons (Fsp3) is 0.625. The molecule has 5 heteroatoms. The first-order chi connectivity index (χ1) is 10.1. The smallest absolute Gasteiger partial charge is 0.115 e. The molecule has 0 bridgehead atoms. The minimum atomic E-state index is 0.0440. The standard InChI is InChI=1S/C16H22N4O/c1-20-8-7-16(12-3-2-4-15(21)9-12)10-14(18-19-17)6-5-13(16)11-20/h2-4,9,13-14,21H,5-8,10-11H2,1H3. The number of azide groups is 1. The van der Waals surface area contributed by atoms with Gasteiger partial charge in [0.1, 0.15) is 5.75 Å². The van der Waals surface area contributed by atoms with Crippen LogP contribution in [-0.4, -0.2) is 36.2 Å². The van der Waals surface area contributed by atoms with Crippen molar-refractivity contribution in [3.05, 3.63) is 40.3 Å². The molecule has 21 heavy (non-hydrogen) atoms. The Morgan fingerprint density at radius 1 is 1.43 bits per heavy atom. The van der Waals surface area contributed by atoms with E-state index >= 15 is 0 Å². The summed E-state index contributed by atoms with van der Waals surface area (Å²) < 4.78 is 0. The summed E-state index contributed by atoms with van der Waals surface area (Å²) in [5, 5.41) is 13.9. The lowest BCUT2D eigenvalue weighted by atomic mass is 9.58. The molecule has 0 radical (unpaired) electrons. The molecule has 5 nitrogen and oxygen atoms in total. The number of hydrogen-bond acceptors (Lipinski definition) is 3. The van der Waals surface area contributed by atoms with Gasteiger partial charge in [-0.1, -0.05) is 17.2 Å². The second-order valence-corrected chi connectivity index (χ2v) is 6.56. The van der Waals surface area contributed by atoms with Crippen LogP contribution in [0.2, 0.25) is 0 Å². The van der Waals surface area contributed by atoms with Crippen molar-refractivity contribution >= 4 is 0 Å². The molecule has 0 aromatic heterocycles. The minimum Gasteiger partial charge on any atom is -0.508 e. The number of likely N-dealkylation sites (tertiary alicyclic amines) is 1. The Labute approximate surface area is 125 Å². The van der Waals surface area contributed by atoms with E-state index in [1.807, 2.05) is 12.1 Å². The number of benzene rings is 1. The average molecular weight is 286 g/mol. The summed E-state index contributed by atoms with van der Waals surface area (Å²) in [5.41, 5.74) is 10.0. The van der Waals surface area contributed by atoms with Gasteiger partial charge in [-0.3, -0.25) is 0 Å². The van der Waals surface area contributed by atoms with E-state index in [9.17, 15) is 5.11 Å². The second-order valence-electron chi connectivity index (χ2n) is 6.56. The SMILES string of the molecule is CN1CCC2(c3cccc(O)c3)CC(N=[N+]=[N-])CCC2C1. The van der Waals surface area contributed by atoms with Crippen molar-refractivity contribution in [2.75, 3.05) is 20.1 Å². The molecule has 3 atom stereocenters. The van der Waals surface area contributed by atoms with Gasteiger partial charge >= 0.3 is 0 Å². The number of hydrogen-bond donors (Lipinski definition) is 1. The predicted octanol–water partition coefficient (Wildman–Crippen LogP) is 3.44. The van der Waals surface area contributed by atoms with E-state index in [1.165, 1.54) is 5.56 Å². The first-order valence-corrected chi connectivity index (χ1v) is 7.66. The molecule has 1 N–H and O–H groups in total. The zero-order valence-electron chi connectivity index (χ0n) is 12.4. The Morgan fingerprint density at radius 3 is 3.05 bits per heavy atom. The summed E-state index contributed by atoms with van der Waals surface area (Å²) in [5.74, 6) is 0.897. The maximum Gasteiger partial charge on any atom is 0.115 e. The molecule has 2 aliphatic rings. The van der Waals surface area contributed by atoms with Gasteiger partial charge in [0.2, 0.25) is 0 Å². The molecular weight excluding hydrogens is 264 g/mol. The molecule has 1 aliphatic carbocycles. The molecule has 3 unspecified atom stereocenters. The van der Waals surface area contributed by atoms with E-state index in [0.717, 1.165) is 38.8 Å². The van der Waals surface area contributed by atoms with Crippen molar-refractivity contribution in [2.24, 2.45) is 11.0 Å². The molecule has 1 aromatic carbocycles. The molecule has 112 valence electrons. The van der Waals surface area contributed by atoms with Crippen LogP contribution in [0.1, 0.15) is 31.2 Å². The number of phenolic OH excluding ortho intramolecular Hbond substituents is 1. The van der Waals surface area contributed by atoms with Gasteiger partial charge in [0.05, 0.1) is 0 Å². The van der Waals surface area contributed by atoms with E-state index in [-0.39, 0.29) is 11.5 Å². The van der Waals surface area contributed by atoms with Crippen LogP contribution in [0.5, 0.6) is 5.75 Å². The maximum absolute atomic E-state index is 9.86. The summed E-state index contributed by atoms with van der Waals surface area (Å²) in [6.07, 6.45) is 4.03. The van der Waals surface area contributed by atoms with Crippen LogP contribution in [0.3, 0.4) is 0 Å². The first-order valence-electron chi connectivity index (χ1n) is 7.66. The highest BCUT2D eigenvalue weighted by atomic mass is 16.3. The highest BCUT2D eigenvalue weighted by Crippen LogP contribution is 2.49. The predicted molar refractivity (Wildman–Crippen MR) is 82.2 cm³/mol. The van der Waals surface area contributed by atoms with Crippen LogP contribution in [0, 0.1) is 5.92 Å². The highest BCUT2D eigenvalue weighted by Gasteiger charge is 2.47. The topological polar surface area (TPSA) is 72.2 Å². The lowest BCUT2D eigenvalue weighted by Gasteiger charge is -2.52. The van der Waals surface area contributed by atoms with Crippen LogP contribution in [-0.2, 0) is 5.41 Å². The Morgan fingerprint density at radius 2 is 2.29 bits per heavy atom. The summed E-state index contributed by atoms with van der Waals surface area (Å²) in [6, 6.07) is 7.74. The molecule has 0 amide bonds. The van der Waals surface area contributed by atoms with Gasteiger partial charge in [-0.15, -0.1) is 0 Å². The Balaban J connectivity index is 2.00. The summed E-state index contributed by atoms with van der Waals surface area (Å²) in [6.45, 7) is 2.13. The van der Waals surface area contributed by atoms with E-state index in [1.54, 1.807) is 6.07 Å². The third-order valence-corrected chi connectivity index (χ3v) is 5.34. The van der Waals surface area contributed by atoms with Crippen LogP contribution < -0.4 is 0 Å². The maximum atomic E-state index is 9.86. The number of phenols is 1. The van der Waals surface area contributed by atoms with Crippen LogP contribution in [0.25, 0.3) is 10.4 Å². The molecule has 2 fully saturated rings. The van der Waals surface area contributed by atoms with Crippen molar-refractivity contribution < 1.29 is 5.11 Å². The number of fused-ring (bicyclic) bond motifs is 1. The molecule has 3 rings (SSSR count). The number of rotatable bonds is 2. The third kappa shape index (κ3) is 2.59. The van der Waals surface area contributed by atoms with Crippen molar-refractivity contribution in [2.45, 2.75) is 37.1 Å². The summed E-state index contributed by atoms with van der Waals surface area (Å²) >= 11 is 0. The molecule has 1 saturated carbocycles. The van der Waals surface area contributed by atoms with Gasteiger partial charge < -0.3 is 10.0 Å². The molecular formula is C16H22N4O. The number of nitrogens with zero attached hydrogens (tertiary/aromatic N) is 4. The first kappa shape index (κ1) is 14.2. The monoisotopic (exact) mass is 286 g/mol. The molecule has 1 heterocycles. The number of aromatic hydroxyl groups is 1. The zero-order chi connectivity index (χ0) is 14.9. The molecule has 1 aromatic rings. The summed E-state index contributed by atoms with van der Waals surface area (Å²) in [4.78, 5) is 5.41. The van der Waals surface area contributed by atoms with Gasteiger partial charge in [0.25, 0.3) is 0 Å². The van der Waals surface area contributed by atoms with Crippen molar-refractivity contribution in [3.63, 3.8) is 0 Å². The Bertz CT molecular complexity index is 569. The van der Waals surface area contributed by atoms with Gasteiger partial charge in [-0.2, -0.15) is 0 Å². The van der Waals surface area contributed by atoms with E-state index < -0.39 is 0 Å². The Kier molecular flexibility index (Phi) is 3.79. The van der Waals surface area contributed by atoms with Gasteiger partial charge in [-0.25, -0.2) is 0 Å². The van der Waals surface area contributed by atoms with Gasteiger partial charge in [0.15, 0.2) is 0 Å². The zero-order valence-corrected chi connectivity index (χ0v) is 12.4. The van der Waals surface area contributed by atoms with Crippen LogP contribution >= 0.6 is 0 Å². The fourth-order valence-corrected chi connectivity index (χ4v) is 4.27. The van der Waals surface area contributed by atoms with Crippen molar-refractivity contribution in [1.82, 2.24) is 4.90 Å². The van der Waals surface area contributed by atoms with Gasteiger partial charge in [-0.05, 0) is 68.4 Å². The van der Waals surface area contributed by atoms with Crippen LogP contribution in [0.4, 0.5) is 0 Å². The molecule has 1 aliphatic heterocycles. The minimum absolute atomic E-state index is 0.0440. The molecule has 1 saturated heterocycles. The second kappa shape index (κ2) is 5.58. The van der Waals surface area contributed by atoms with E-state index in [0.29, 0.717) is 11.7 Å².